The molecule has 1 aromatic heterocycles. The monoisotopic (exact) mass is 376 g/mol. The largest absolute Gasteiger partial charge is 0.332 e. The van der Waals surface area contributed by atoms with Gasteiger partial charge in [0.1, 0.15) is 0 Å². The number of hydrogen-bond acceptors (Lipinski definition) is 2. The highest BCUT2D eigenvalue weighted by Gasteiger charge is 2.21. The number of fused-ring (bicyclic) bond motifs is 1. The Labute approximate surface area is 166 Å². The summed E-state index contributed by atoms with van der Waals surface area (Å²) in [6.45, 7) is 10.7. The van der Waals surface area contributed by atoms with E-state index in [-0.39, 0.29) is 29.5 Å². The molecule has 0 aliphatic heterocycles. The standard InChI is InChI=1S/C24H28N2O2/c1-16(2)26(23(28)17-10-12-20(13-11-17)24(3,4)5)15-19-14-18-8-6-7-9-21(18)25-22(19)27/h6-14,16H,15H2,1-5H3,(H,25,27). The maximum absolute atomic E-state index is 13.1. The van der Waals surface area contributed by atoms with Crippen LogP contribution in [-0.2, 0) is 12.0 Å². The average molecular weight is 377 g/mol. The third-order valence-electron chi connectivity index (χ3n) is 5.05. The van der Waals surface area contributed by atoms with Gasteiger partial charge in [-0.15, -0.1) is 0 Å². The maximum Gasteiger partial charge on any atom is 0.254 e. The lowest BCUT2D eigenvalue weighted by Gasteiger charge is -2.27. The molecule has 2 aromatic carbocycles. The Bertz CT molecular complexity index is 1040. The summed E-state index contributed by atoms with van der Waals surface area (Å²) in [5.41, 5.74) is 3.10. The van der Waals surface area contributed by atoms with Crippen molar-refractivity contribution in [2.75, 3.05) is 0 Å². The Kier molecular flexibility index (Phi) is 5.41. The number of H-pyrrole nitrogens is 1. The summed E-state index contributed by atoms with van der Waals surface area (Å²) in [5, 5.41) is 0.961. The van der Waals surface area contributed by atoms with Gasteiger partial charge in [0.25, 0.3) is 11.5 Å². The van der Waals surface area contributed by atoms with Gasteiger partial charge >= 0.3 is 0 Å². The van der Waals surface area contributed by atoms with Gasteiger partial charge in [-0.1, -0.05) is 51.1 Å². The Hall–Kier alpha value is -2.88. The number of aromatic amines is 1. The van der Waals surface area contributed by atoms with Gasteiger partial charge in [-0.25, -0.2) is 0 Å². The molecule has 0 aliphatic rings. The number of hydrogen-bond donors (Lipinski definition) is 1. The van der Waals surface area contributed by atoms with E-state index in [2.05, 4.69) is 25.8 Å². The summed E-state index contributed by atoms with van der Waals surface area (Å²) in [4.78, 5) is 30.3. The van der Waals surface area contributed by atoms with Crippen molar-refractivity contribution in [3.8, 4) is 0 Å². The smallest absolute Gasteiger partial charge is 0.254 e. The minimum atomic E-state index is -0.153. The Morgan fingerprint density at radius 3 is 2.29 bits per heavy atom. The van der Waals surface area contributed by atoms with Crippen molar-refractivity contribution in [3.63, 3.8) is 0 Å². The molecule has 0 saturated heterocycles. The molecule has 1 heterocycles. The van der Waals surface area contributed by atoms with Gasteiger partial charge in [-0.05, 0) is 54.5 Å². The summed E-state index contributed by atoms with van der Waals surface area (Å²) in [6.07, 6.45) is 0. The van der Waals surface area contributed by atoms with Gasteiger partial charge in [-0.2, -0.15) is 0 Å². The molecular weight excluding hydrogens is 348 g/mol. The topological polar surface area (TPSA) is 53.2 Å². The number of pyridine rings is 1. The zero-order chi connectivity index (χ0) is 20.5. The molecule has 0 unspecified atom stereocenters. The van der Waals surface area contributed by atoms with Gasteiger partial charge < -0.3 is 9.88 Å². The van der Waals surface area contributed by atoms with Crippen LogP contribution in [0, 0.1) is 0 Å². The minimum Gasteiger partial charge on any atom is -0.332 e. The van der Waals surface area contributed by atoms with E-state index in [4.69, 9.17) is 0 Å². The fraction of sp³-hybridized carbons (Fsp3) is 0.333. The fourth-order valence-corrected chi connectivity index (χ4v) is 3.26. The number of nitrogens with zero attached hydrogens (tertiary/aromatic N) is 1. The molecule has 3 aromatic rings. The zero-order valence-corrected chi connectivity index (χ0v) is 17.2. The van der Waals surface area contributed by atoms with Gasteiger partial charge in [0.05, 0.1) is 6.54 Å². The highest BCUT2D eigenvalue weighted by Crippen LogP contribution is 2.23. The number of aromatic nitrogens is 1. The molecule has 28 heavy (non-hydrogen) atoms. The van der Waals surface area contributed by atoms with Crippen molar-refractivity contribution in [2.45, 2.75) is 52.6 Å². The van der Waals surface area contributed by atoms with Crippen LogP contribution in [0.5, 0.6) is 0 Å². The van der Waals surface area contributed by atoms with Crippen LogP contribution in [0.3, 0.4) is 0 Å². The van der Waals surface area contributed by atoms with Gasteiger partial charge in [0.2, 0.25) is 0 Å². The summed E-state index contributed by atoms with van der Waals surface area (Å²) in [5.74, 6) is -0.0667. The Morgan fingerprint density at radius 2 is 1.68 bits per heavy atom. The molecule has 146 valence electrons. The second-order valence-electron chi connectivity index (χ2n) is 8.57. The van der Waals surface area contributed by atoms with Crippen molar-refractivity contribution in [2.24, 2.45) is 0 Å². The van der Waals surface area contributed by atoms with E-state index in [9.17, 15) is 9.59 Å². The van der Waals surface area contributed by atoms with Crippen LogP contribution in [0.25, 0.3) is 10.9 Å². The molecule has 1 N–H and O–H groups in total. The second-order valence-corrected chi connectivity index (χ2v) is 8.57. The van der Waals surface area contributed by atoms with Crippen molar-refractivity contribution in [1.82, 2.24) is 9.88 Å². The van der Waals surface area contributed by atoms with E-state index in [1.807, 2.05) is 68.4 Å². The third-order valence-corrected chi connectivity index (χ3v) is 5.05. The first-order valence-corrected chi connectivity index (χ1v) is 9.69. The van der Waals surface area contributed by atoms with E-state index in [0.29, 0.717) is 11.1 Å². The molecule has 0 spiro atoms. The lowest BCUT2D eigenvalue weighted by Crippen LogP contribution is -2.38. The molecule has 0 fully saturated rings. The van der Waals surface area contributed by atoms with Crippen LogP contribution in [-0.4, -0.2) is 21.8 Å². The molecule has 0 aliphatic carbocycles. The molecule has 3 rings (SSSR count). The van der Waals surface area contributed by atoms with Crippen LogP contribution < -0.4 is 5.56 Å². The van der Waals surface area contributed by atoms with Crippen molar-refractivity contribution in [3.05, 3.63) is 81.6 Å². The first-order chi connectivity index (χ1) is 13.2. The summed E-state index contributed by atoms with van der Waals surface area (Å²) in [6, 6.07) is 17.3. The molecule has 0 radical (unpaired) electrons. The van der Waals surface area contributed by atoms with Crippen LogP contribution in [0.1, 0.15) is 56.1 Å². The summed E-state index contributed by atoms with van der Waals surface area (Å²) >= 11 is 0. The molecule has 1 amide bonds. The molecule has 4 heteroatoms. The normalized spacial score (nSPS) is 11.8. The highest BCUT2D eigenvalue weighted by atomic mass is 16.2. The van der Waals surface area contributed by atoms with E-state index in [1.165, 1.54) is 5.56 Å². The first-order valence-electron chi connectivity index (χ1n) is 9.69. The third kappa shape index (κ3) is 4.16. The van der Waals surface area contributed by atoms with Gasteiger partial charge in [-0.3, -0.25) is 9.59 Å². The lowest BCUT2D eigenvalue weighted by atomic mass is 9.86. The van der Waals surface area contributed by atoms with Crippen LogP contribution in [0.4, 0.5) is 0 Å². The molecule has 0 atom stereocenters. The van der Waals surface area contributed by atoms with Crippen LogP contribution >= 0.6 is 0 Å². The number of para-hydroxylation sites is 1. The van der Waals surface area contributed by atoms with Crippen LogP contribution in [0.15, 0.2) is 59.4 Å². The molecule has 4 nitrogen and oxygen atoms in total. The summed E-state index contributed by atoms with van der Waals surface area (Å²) < 4.78 is 0. The molecular formula is C24H28N2O2. The predicted molar refractivity (Wildman–Crippen MR) is 115 cm³/mol. The van der Waals surface area contributed by atoms with Gasteiger partial charge in [0.15, 0.2) is 0 Å². The average Bonchev–Trinajstić information content (AvgIpc) is 2.65. The van der Waals surface area contributed by atoms with Gasteiger partial charge in [0, 0.05) is 22.7 Å². The number of carbonyl (C=O) groups excluding carboxylic acids is 1. The van der Waals surface area contributed by atoms with Crippen LogP contribution in [0.2, 0.25) is 0 Å². The first kappa shape index (κ1) is 19.9. The van der Waals surface area contributed by atoms with Crippen molar-refractivity contribution >= 4 is 16.8 Å². The molecule has 0 bridgehead atoms. The SMILES string of the molecule is CC(C)N(Cc1cc2ccccc2[nH]c1=O)C(=O)c1ccc(C(C)(C)C)cc1. The number of amides is 1. The second kappa shape index (κ2) is 7.63. The fourth-order valence-electron chi connectivity index (χ4n) is 3.26. The number of benzene rings is 2. The van der Waals surface area contributed by atoms with E-state index in [1.54, 1.807) is 4.90 Å². The van der Waals surface area contributed by atoms with E-state index < -0.39 is 0 Å². The van der Waals surface area contributed by atoms with Crippen molar-refractivity contribution in [1.29, 1.82) is 0 Å². The maximum atomic E-state index is 13.1. The number of carbonyl (C=O) groups is 1. The number of nitrogens with one attached hydrogen (secondary N) is 1. The lowest BCUT2D eigenvalue weighted by molar-refractivity contribution is 0.0689. The van der Waals surface area contributed by atoms with Crippen molar-refractivity contribution < 1.29 is 4.79 Å². The zero-order valence-electron chi connectivity index (χ0n) is 17.2. The summed E-state index contributed by atoms with van der Waals surface area (Å²) in [7, 11) is 0. The highest BCUT2D eigenvalue weighted by molar-refractivity contribution is 5.94. The predicted octanol–water partition coefficient (Wildman–Crippen LogP) is 4.88. The van der Waals surface area contributed by atoms with E-state index in [0.717, 1.165) is 10.9 Å². The Balaban J connectivity index is 1.91. The molecule has 0 saturated carbocycles. The quantitative estimate of drug-likeness (QED) is 0.706. The minimum absolute atomic E-state index is 0.0272. The van der Waals surface area contributed by atoms with E-state index >= 15 is 0 Å². The Morgan fingerprint density at radius 1 is 1.04 bits per heavy atom. The number of rotatable bonds is 4.